The van der Waals surface area contributed by atoms with Gasteiger partial charge in [0.2, 0.25) is 5.91 Å². The van der Waals surface area contributed by atoms with Gasteiger partial charge in [-0.25, -0.2) is 0 Å². The van der Waals surface area contributed by atoms with Gasteiger partial charge in [-0.05, 0) is 39.3 Å². The molecule has 1 heterocycles. The SMILES string of the molecule is Cc1ccc(CNC(=O)Cc2ccon2)c(OC(C)(C)C)c1. The van der Waals surface area contributed by atoms with Gasteiger partial charge >= 0.3 is 0 Å². The number of carbonyl (C=O) groups excluding carboxylic acids is 1. The van der Waals surface area contributed by atoms with E-state index in [0.29, 0.717) is 12.2 Å². The van der Waals surface area contributed by atoms with Crippen LogP contribution in [0.3, 0.4) is 0 Å². The molecule has 0 spiro atoms. The van der Waals surface area contributed by atoms with Crippen molar-refractivity contribution in [1.82, 2.24) is 10.5 Å². The zero-order chi connectivity index (χ0) is 16.2. The number of hydrogen-bond acceptors (Lipinski definition) is 4. The summed E-state index contributed by atoms with van der Waals surface area (Å²) in [6, 6.07) is 7.66. The van der Waals surface area contributed by atoms with Crippen LogP contribution in [0.4, 0.5) is 0 Å². The minimum Gasteiger partial charge on any atom is -0.488 e. The molecule has 0 unspecified atom stereocenters. The number of nitrogens with zero attached hydrogens (tertiary/aromatic N) is 1. The molecule has 1 N–H and O–H groups in total. The number of amides is 1. The Bertz CT molecular complexity index is 628. The first kappa shape index (κ1) is 16.1. The maximum Gasteiger partial charge on any atom is 0.226 e. The van der Waals surface area contributed by atoms with Crippen LogP contribution in [0.25, 0.3) is 0 Å². The van der Waals surface area contributed by atoms with Crippen LogP contribution in [-0.4, -0.2) is 16.7 Å². The van der Waals surface area contributed by atoms with Crippen LogP contribution in [0, 0.1) is 6.92 Å². The monoisotopic (exact) mass is 302 g/mol. The molecule has 2 aromatic rings. The van der Waals surface area contributed by atoms with Crippen LogP contribution < -0.4 is 10.1 Å². The second-order valence-corrected chi connectivity index (χ2v) is 6.27. The molecule has 5 nitrogen and oxygen atoms in total. The summed E-state index contributed by atoms with van der Waals surface area (Å²) in [6.07, 6.45) is 1.66. The number of aryl methyl sites for hydroxylation is 1. The van der Waals surface area contributed by atoms with Gasteiger partial charge < -0.3 is 14.6 Å². The molecule has 0 saturated heterocycles. The quantitative estimate of drug-likeness (QED) is 0.922. The lowest BCUT2D eigenvalue weighted by molar-refractivity contribution is -0.120. The van der Waals surface area contributed by atoms with E-state index in [1.54, 1.807) is 6.07 Å². The molecule has 0 aliphatic carbocycles. The van der Waals surface area contributed by atoms with Crippen molar-refractivity contribution in [3.05, 3.63) is 47.3 Å². The molecular weight excluding hydrogens is 280 g/mol. The van der Waals surface area contributed by atoms with Gasteiger partial charge in [0.15, 0.2) is 0 Å². The third-order valence-corrected chi connectivity index (χ3v) is 2.95. The lowest BCUT2D eigenvalue weighted by Gasteiger charge is -2.23. The number of hydrogen-bond donors (Lipinski definition) is 1. The molecule has 1 amide bonds. The van der Waals surface area contributed by atoms with Gasteiger partial charge in [-0.15, -0.1) is 0 Å². The maximum absolute atomic E-state index is 11.9. The van der Waals surface area contributed by atoms with E-state index >= 15 is 0 Å². The number of rotatable bonds is 5. The van der Waals surface area contributed by atoms with Crippen LogP contribution in [-0.2, 0) is 17.8 Å². The van der Waals surface area contributed by atoms with Crippen LogP contribution in [0.1, 0.15) is 37.6 Å². The van der Waals surface area contributed by atoms with Crippen molar-refractivity contribution in [2.75, 3.05) is 0 Å². The lowest BCUT2D eigenvalue weighted by atomic mass is 10.1. The standard InChI is InChI=1S/C17H22N2O3/c1-12-5-6-13(15(9-12)22-17(2,3)4)11-18-16(20)10-14-7-8-21-19-14/h5-9H,10-11H2,1-4H3,(H,18,20). The second-order valence-electron chi connectivity index (χ2n) is 6.27. The van der Waals surface area contributed by atoms with Crippen LogP contribution in [0.15, 0.2) is 35.1 Å². The molecule has 22 heavy (non-hydrogen) atoms. The van der Waals surface area contributed by atoms with Crippen molar-refractivity contribution >= 4 is 5.91 Å². The predicted molar refractivity (Wildman–Crippen MR) is 83.6 cm³/mol. The zero-order valence-electron chi connectivity index (χ0n) is 13.5. The van der Waals surface area contributed by atoms with Gasteiger partial charge in [0, 0.05) is 18.2 Å². The molecule has 1 aromatic carbocycles. The van der Waals surface area contributed by atoms with Gasteiger partial charge in [0.25, 0.3) is 0 Å². The fraction of sp³-hybridized carbons (Fsp3) is 0.412. The highest BCUT2D eigenvalue weighted by Gasteiger charge is 2.15. The van der Waals surface area contributed by atoms with Crippen LogP contribution >= 0.6 is 0 Å². The largest absolute Gasteiger partial charge is 0.488 e. The van der Waals surface area contributed by atoms with E-state index < -0.39 is 0 Å². The molecule has 0 saturated carbocycles. The van der Waals surface area contributed by atoms with E-state index in [-0.39, 0.29) is 17.9 Å². The number of nitrogens with one attached hydrogen (secondary N) is 1. The molecule has 5 heteroatoms. The molecule has 0 aliphatic heterocycles. The molecule has 2 rings (SSSR count). The van der Waals surface area contributed by atoms with Crippen molar-refractivity contribution in [3.63, 3.8) is 0 Å². The minimum absolute atomic E-state index is 0.101. The van der Waals surface area contributed by atoms with Crippen LogP contribution in [0.2, 0.25) is 0 Å². The van der Waals surface area contributed by atoms with Gasteiger partial charge in [-0.3, -0.25) is 4.79 Å². The average Bonchev–Trinajstić information content (AvgIpc) is 2.88. The summed E-state index contributed by atoms with van der Waals surface area (Å²) >= 11 is 0. The van der Waals surface area contributed by atoms with Crippen molar-refractivity contribution in [2.24, 2.45) is 0 Å². The van der Waals surface area contributed by atoms with E-state index in [1.807, 2.05) is 45.9 Å². The second kappa shape index (κ2) is 6.64. The normalized spacial score (nSPS) is 11.3. The van der Waals surface area contributed by atoms with E-state index in [2.05, 4.69) is 10.5 Å². The molecule has 0 aliphatic rings. The summed E-state index contributed by atoms with van der Waals surface area (Å²) in [4.78, 5) is 11.9. The van der Waals surface area contributed by atoms with E-state index in [0.717, 1.165) is 16.9 Å². The highest BCUT2D eigenvalue weighted by Crippen LogP contribution is 2.24. The Morgan fingerprint density at radius 3 is 2.73 bits per heavy atom. The van der Waals surface area contributed by atoms with Crippen LogP contribution in [0.5, 0.6) is 5.75 Å². The molecule has 1 aromatic heterocycles. The van der Waals surface area contributed by atoms with Gasteiger partial charge in [-0.1, -0.05) is 17.3 Å². The number of carbonyl (C=O) groups is 1. The Labute approximate surface area is 130 Å². The van der Waals surface area contributed by atoms with Gasteiger partial charge in [0.1, 0.15) is 17.6 Å². The summed E-state index contributed by atoms with van der Waals surface area (Å²) < 4.78 is 10.7. The van der Waals surface area contributed by atoms with Crippen molar-refractivity contribution in [2.45, 2.75) is 46.3 Å². The maximum atomic E-state index is 11.9. The molecule has 118 valence electrons. The van der Waals surface area contributed by atoms with Gasteiger partial charge in [0.05, 0.1) is 12.1 Å². The molecule has 0 radical (unpaired) electrons. The number of aromatic nitrogens is 1. The molecular formula is C17H22N2O3. The third kappa shape index (κ3) is 4.91. The topological polar surface area (TPSA) is 64.4 Å². The predicted octanol–water partition coefficient (Wildman–Crippen LogP) is 3.02. The third-order valence-electron chi connectivity index (χ3n) is 2.95. The molecule has 0 bridgehead atoms. The summed E-state index contributed by atoms with van der Waals surface area (Å²) in [5.41, 5.74) is 2.41. The Morgan fingerprint density at radius 1 is 1.32 bits per heavy atom. The summed E-state index contributed by atoms with van der Waals surface area (Å²) in [7, 11) is 0. The summed E-state index contributed by atoms with van der Waals surface area (Å²) in [5, 5.41) is 6.61. The van der Waals surface area contributed by atoms with E-state index in [4.69, 9.17) is 9.26 Å². The first-order valence-electron chi connectivity index (χ1n) is 7.28. The van der Waals surface area contributed by atoms with E-state index in [9.17, 15) is 4.79 Å². The Kier molecular flexibility index (Phi) is 4.85. The first-order valence-corrected chi connectivity index (χ1v) is 7.28. The highest BCUT2D eigenvalue weighted by molar-refractivity contribution is 5.78. The Balaban J connectivity index is 2.01. The fourth-order valence-corrected chi connectivity index (χ4v) is 1.98. The number of benzene rings is 1. The Morgan fingerprint density at radius 2 is 2.09 bits per heavy atom. The highest BCUT2D eigenvalue weighted by atomic mass is 16.5. The van der Waals surface area contributed by atoms with E-state index in [1.165, 1.54) is 6.26 Å². The first-order chi connectivity index (χ1) is 10.3. The minimum atomic E-state index is -0.284. The lowest BCUT2D eigenvalue weighted by Crippen LogP contribution is -2.27. The zero-order valence-corrected chi connectivity index (χ0v) is 13.5. The smallest absolute Gasteiger partial charge is 0.226 e. The summed E-state index contributed by atoms with van der Waals surface area (Å²) in [6.45, 7) is 8.44. The van der Waals surface area contributed by atoms with Crippen molar-refractivity contribution in [1.29, 1.82) is 0 Å². The molecule has 0 fully saturated rings. The van der Waals surface area contributed by atoms with Crippen molar-refractivity contribution in [3.8, 4) is 5.75 Å². The molecule has 0 atom stereocenters. The van der Waals surface area contributed by atoms with Crippen molar-refractivity contribution < 1.29 is 14.1 Å². The van der Waals surface area contributed by atoms with Gasteiger partial charge in [-0.2, -0.15) is 0 Å². The Hall–Kier alpha value is -2.30. The average molecular weight is 302 g/mol. The fourth-order valence-electron chi connectivity index (χ4n) is 1.98. The number of ether oxygens (including phenoxy) is 1. The summed E-state index contributed by atoms with van der Waals surface area (Å²) in [5.74, 6) is 0.699.